The third kappa shape index (κ3) is 10.4. The van der Waals surface area contributed by atoms with Crippen molar-refractivity contribution in [3.63, 3.8) is 0 Å². The van der Waals surface area contributed by atoms with Crippen LogP contribution in [0.25, 0.3) is 0 Å². The van der Waals surface area contributed by atoms with Gasteiger partial charge < -0.3 is 89.0 Å². The van der Waals surface area contributed by atoms with E-state index in [9.17, 15) is 60.7 Å². The summed E-state index contributed by atoms with van der Waals surface area (Å²) in [5, 5.41) is 102. The van der Waals surface area contributed by atoms with Gasteiger partial charge in [0.1, 0.15) is 48.8 Å². The van der Waals surface area contributed by atoms with E-state index in [0.717, 1.165) is 19.3 Å². The van der Waals surface area contributed by atoms with Crippen LogP contribution in [0.1, 0.15) is 66.2 Å². The molecule has 0 aromatic rings. The molecule has 0 aromatic heterocycles. The molecule has 0 aromatic carbocycles. The molecule has 22 atom stereocenters. The Bertz CT molecular complexity index is 1560. The van der Waals surface area contributed by atoms with E-state index in [1.54, 1.807) is 13.8 Å². The van der Waals surface area contributed by atoms with Crippen LogP contribution in [-0.4, -0.2) is 176 Å². The molecule has 20 heteroatoms. The number of carbonyl (C=O) groups excluding carboxylic acids is 2. The highest BCUT2D eigenvalue weighted by atomic mass is 16.8. The van der Waals surface area contributed by atoms with Gasteiger partial charge in [-0.2, -0.15) is 0 Å². The van der Waals surface area contributed by atoms with Crippen LogP contribution in [0.3, 0.4) is 0 Å². The highest BCUT2D eigenvalue weighted by molar-refractivity contribution is 5.89. The second-order valence-electron chi connectivity index (χ2n) is 18.2. The Morgan fingerprint density at radius 3 is 1.50 bits per heavy atom. The van der Waals surface area contributed by atoms with Crippen LogP contribution in [0, 0.1) is 47.3 Å². The van der Waals surface area contributed by atoms with Crippen molar-refractivity contribution in [3.8, 4) is 0 Å². The van der Waals surface area contributed by atoms with Gasteiger partial charge in [-0.1, -0.05) is 40.5 Å². The van der Waals surface area contributed by atoms with Crippen molar-refractivity contribution in [1.82, 2.24) is 0 Å². The van der Waals surface area contributed by atoms with E-state index in [-0.39, 0.29) is 60.9 Å². The van der Waals surface area contributed by atoms with Gasteiger partial charge in [-0.3, -0.25) is 0 Å². The third-order valence-electron chi connectivity index (χ3n) is 13.9. The first-order valence-corrected chi connectivity index (χ1v) is 21.8. The van der Waals surface area contributed by atoms with Gasteiger partial charge in [0.25, 0.3) is 0 Å². The Balaban J connectivity index is 0.920. The van der Waals surface area contributed by atoms with E-state index >= 15 is 0 Å². The summed E-state index contributed by atoms with van der Waals surface area (Å²) in [5.74, 6) is -3.76. The Kier molecular flexibility index (Phi) is 16.7. The highest BCUT2D eigenvalue weighted by Crippen LogP contribution is 2.49. The van der Waals surface area contributed by atoms with Gasteiger partial charge in [0.15, 0.2) is 12.6 Å². The molecule has 0 radical (unpaired) electrons. The fourth-order valence-corrected chi connectivity index (χ4v) is 9.74. The normalized spacial score (nSPS) is 43.8. The van der Waals surface area contributed by atoms with Crippen molar-refractivity contribution in [3.05, 3.63) is 23.7 Å². The summed E-state index contributed by atoms with van der Waals surface area (Å²) in [5.41, 5.74) is 0.488. The second-order valence-corrected chi connectivity index (χ2v) is 18.2. The lowest BCUT2D eigenvalue weighted by Crippen LogP contribution is -2.60. The zero-order valence-electron chi connectivity index (χ0n) is 35.5. The summed E-state index contributed by atoms with van der Waals surface area (Å²) in [6.45, 7) is 6.61. The van der Waals surface area contributed by atoms with Crippen LogP contribution < -0.4 is 0 Å². The van der Waals surface area contributed by atoms with Crippen LogP contribution >= 0.6 is 0 Å². The third-order valence-corrected chi connectivity index (χ3v) is 13.9. The quantitative estimate of drug-likeness (QED) is 0.0727. The van der Waals surface area contributed by atoms with Crippen LogP contribution in [0.2, 0.25) is 0 Å². The molecular formula is C42H66O20. The molecule has 4 aliphatic heterocycles. The minimum atomic E-state index is -1.65. The van der Waals surface area contributed by atoms with Gasteiger partial charge in [-0.25, -0.2) is 9.59 Å². The van der Waals surface area contributed by atoms with Gasteiger partial charge in [0, 0.05) is 23.7 Å². The van der Waals surface area contributed by atoms with Gasteiger partial charge in [0.05, 0.1) is 62.3 Å². The van der Waals surface area contributed by atoms with E-state index in [2.05, 4.69) is 0 Å². The Morgan fingerprint density at radius 1 is 0.613 bits per heavy atom. The molecule has 2 aliphatic carbocycles. The summed E-state index contributed by atoms with van der Waals surface area (Å²) >= 11 is 0. The molecular weight excluding hydrogens is 824 g/mol. The van der Waals surface area contributed by atoms with E-state index in [4.69, 9.17) is 37.9 Å². The fourth-order valence-electron chi connectivity index (χ4n) is 9.74. The smallest absolute Gasteiger partial charge is 0.337 e. The summed E-state index contributed by atoms with van der Waals surface area (Å²) in [6, 6.07) is 0. The predicted octanol–water partition coefficient (Wildman–Crippen LogP) is -1.71. The number of esters is 2. The first-order chi connectivity index (χ1) is 29.5. The molecule has 4 heterocycles. The number of fused-ring (bicyclic) bond motifs is 2. The molecule has 0 bridgehead atoms. The van der Waals surface area contributed by atoms with Crippen molar-refractivity contribution in [2.45, 2.75) is 152 Å². The minimum Gasteiger partial charge on any atom is -0.472 e. The summed E-state index contributed by atoms with van der Waals surface area (Å²) in [7, 11) is 0. The zero-order chi connectivity index (χ0) is 45.2. The number of aliphatic hydroxyl groups is 10. The summed E-state index contributed by atoms with van der Waals surface area (Å²) in [6.07, 6.45) is -12.8. The first-order valence-electron chi connectivity index (χ1n) is 21.8. The first kappa shape index (κ1) is 48.9. The largest absolute Gasteiger partial charge is 0.472 e. The highest BCUT2D eigenvalue weighted by Gasteiger charge is 2.55. The molecule has 62 heavy (non-hydrogen) atoms. The van der Waals surface area contributed by atoms with E-state index in [1.165, 1.54) is 12.5 Å². The lowest BCUT2D eigenvalue weighted by molar-refractivity contribution is -0.342. The molecule has 2 saturated carbocycles. The maximum Gasteiger partial charge on any atom is 0.337 e. The molecule has 4 fully saturated rings. The number of aliphatic hydroxyl groups excluding tert-OH is 10. The Hall–Kier alpha value is -2.54. The van der Waals surface area contributed by atoms with Gasteiger partial charge in [-0.05, 0) is 49.4 Å². The Labute approximate surface area is 359 Å². The van der Waals surface area contributed by atoms with Gasteiger partial charge >= 0.3 is 11.9 Å². The van der Waals surface area contributed by atoms with E-state index in [0.29, 0.717) is 6.42 Å². The van der Waals surface area contributed by atoms with Crippen LogP contribution in [-0.2, 0) is 47.5 Å². The SMILES string of the molecule is C[C@H](CCC[C@H](C)COC(=O)C1=CO[C@@H](O[C@@H]2O[C@H](CO)[C@@H](O)[C@H](O)[C@H]2O)[C@@H]2[C@H](C)[C@@H](O)C[C@H]12)CCOC(=O)C1=CO[C@@H](O[C@@H]2O[C@H](CO)[C@@H](O)[C@H](O)[C@H]2O)[C@@H]2[C@H](C)[C@@H](O)C[C@H]12. The molecule has 6 rings (SSSR count). The average Bonchev–Trinajstić information content (AvgIpc) is 3.72. The lowest BCUT2D eigenvalue weighted by atomic mass is 9.83. The minimum absolute atomic E-state index is 0.0177. The molecule has 0 spiro atoms. The number of hydrogen-bond donors (Lipinski definition) is 10. The lowest BCUT2D eigenvalue weighted by Gasteiger charge is -2.43. The van der Waals surface area contributed by atoms with E-state index in [1.807, 2.05) is 13.8 Å². The molecule has 10 N–H and O–H groups in total. The van der Waals surface area contributed by atoms with Crippen molar-refractivity contribution in [1.29, 1.82) is 0 Å². The maximum absolute atomic E-state index is 13.3. The number of rotatable bonds is 17. The number of hydrogen-bond acceptors (Lipinski definition) is 20. The van der Waals surface area contributed by atoms with E-state index < -0.39 is 135 Å². The summed E-state index contributed by atoms with van der Waals surface area (Å²) in [4.78, 5) is 26.6. The van der Waals surface area contributed by atoms with Crippen molar-refractivity contribution in [2.24, 2.45) is 47.3 Å². The van der Waals surface area contributed by atoms with Crippen molar-refractivity contribution >= 4 is 11.9 Å². The Morgan fingerprint density at radius 2 is 1.05 bits per heavy atom. The molecule has 0 unspecified atom stereocenters. The molecule has 0 amide bonds. The van der Waals surface area contributed by atoms with Crippen molar-refractivity contribution < 1.29 is 98.5 Å². The fraction of sp³-hybridized carbons (Fsp3) is 0.857. The average molecular weight is 891 g/mol. The second kappa shape index (κ2) is 21.2. The molecule has 6 aliphatic rings. The van der Waals surface area contributed by atoms with Crippen LogP contribution in [0.15, 0.2) is 23.7 Å². The predicted molar refractivity (Wildman–Crippen MR) is 208 cm³/mol. The van der Waals surface area contributed by atoms with Crippen molar-refractivity contribution in [2.75, 3.05) is 26.4 Å². The summed E-state index contributed by atoms with van der Waals surface area (Å²) < 4.78 is 45.7. The molecule has 20 nitrogen and oxygen atoms in total. The molecule has 354 valence electrons. The number of carbonyl (C=O) groups is 2. The van der Waals surface area contributed by atoms with Crippen LogP contribution in [0.4, 0.5) is 0 Å². The maximum atomic E-state index is 13.3. The number of ether oxygens (including phenoxy) is 8. The topological polar surface area (TPSA) is 310 Å². The van der Waals surface area contributed by atoms with Gasteiger partial charge in [-0.15, -0.1) is 0 Å². The monoisotopic (exact) mass is 890 g/mol. The van der Waals surface area contributed by atoms with Gasteiger partial charge in [0.2, 0.25) is 12.6 Å². The standard InChI is InChI=1S/C42H66O20/c1-17(8-9-55-37(53)23-15-57-39(29-19(3)25(45)10-21(23)29)61-41-35(51)33(49)31(47)27(12-43)59-41)6-5-7-18(2)14-56-38(54)24-16-58-40(30-20(4)26(46)11-22(24)30)62-42-36(52)34(50)32(48)28(13-44)60-42/h15-22,25-36,39-52H,5-14H2,1-4H3/t17-,18+,19-,20-,21-,22-,25+,26+,27-,28-,29-,30-,31-,32-,33+,34+,35-,36-,39+,40+,41+,42+/m1/s1. The zero-order valence-corrected chi connectivity index (χ0v) is 35.5. The van der Waals surface area contributed by atoms with Crippen LogP contribution in [0.5, 0.6) is 0 Å². The molecule has 2 saturated heterocycles.